The third-order valence-corrected chi connectivity index (χ3v) is 19.1. The van der Waals surface area contributed by atoms with Crippen molar-refractivity contribution in [2.24, 2.45) is 5.92 Å². The molecule has 23 nitrogen and oxygen atoms in total. The van der Waals surface area contributed by atoms with Gasteiger partial charge in [0.2, 0.25) is 3.79 Å². The van der Waals surface area contributed by atoms with Gasteiger partial charge in [-0.1, -0.05) is 123 Å². The highest BCUT2D eigenvalue weighted by molar-refractivity contribution is 6.74. The number of hydrogen-bond acceptors (Lipinski definition) is 22. The molecular weight excluding hydrogens is 1160 g/mol. The van der Waals surface area contributed by atoms with Crippen molar-refractivity contribution in [3.05, 3.63) is 71.8 Å². The summed E-state index contributed by atoms with van der Waals surface area (Å²) in [6.45, 7) is 18.4. The summed E-state index contributed by atoms with van der Waals surface area (Å²) < 4.78 is 92.3. The van der Waals surface area contributed by atoms with Gasteiger partial charge >= 0.3 is 41.9 Å². The molecule has 458 valence electrons. The molecule has 3 aliphatic rings. The quantitative estimate of drug-likeness (QED) is 0.0475. The van der Waals surface area contributed by atoms with Gasteiger partial charge in [0, 0.05) is 41.5 Å². The molecule has 0 unspecified atom stereocenters. The fraction of sp³-hybridized carbons (Fsp3) is 0.655. The Labute approximate surface area is 493 Å². The first-order valence-corrected chi connectivity index (χ1v) is 30.6. The molecule has 0 bridgehead atoms. The smallest absolute Gasteiger partial charge is 0.407 e. The molecule has 5 rings (SSSR count). The normalized spacial score (nSPS) is 28.7. The maximum atomic E-state index is 14.3. The zero-order valence-electron chi connectivity index (χ0n) is 48.2. The van der Waals surface area contributed by atoms with E-state index in [-0.39, 0.29) is 25.7 Å². The summed E-state index contributed by atoms with van der Waals surface area (Å²) >= 11 is 18.3. The van der Waals surface area contributed by atoms with E-state index in [0.717, 1.165) is 40.2 Å². The van der Waals surface area contributed by atoms with E-state index in [0.29, 0.717) is 5.56 Å². The summed E-state index contributed by atoms with van der Waals surface area (Å²) in [4.78, 5) is 91.5. The average molecular weight is 1240 g/mol. The van der Waals surface area contributed by atoms with Crippen LogP contribution >= 0.6 is 34.8 Å². The van der Waals surface area contributed by atoms with Gasteiger partial charge in [-0.3, -0.25) is 28.8 Å². The molecule has 27 heteroatoms. The van der Waals surface area contributed by atoms with Crippen LogP contribution in [0.25, 0.3) is 0 Å². The first kappa shape index (κ1) is 68.1. The van der Waals surface area contributed by atoms with E-state index in [4.69, 9.17) is 106 Å². The Morgan fingerprint density at radius 1 is 0.561 bits per heavy atom. The van der Waals surface area contributed by atoms with E-state index < -0.39 is 164 Å². The lowest BCUT2D eigenvalue weighted by Gasteiger charge is -2.53. The zero-order chi connectivity index (χ0) is 60.9. The Morgan fingerprint density at radius 2 is 1.02 bits per heavy atom. The summed E-state index contributed by atoms with van der Waals surface area (Å²) in [5, 5.41) is 2.27. The monoisotopic (exact) mass is 1240 g/mol. The van der Waals surface area contributed by atoms with Crippen LogP contribution in [0.1, 0.15) is 87.3 Å². The molecule has 0 aromatic heterocycles. The second kappa shape index (κ2) is 30.4. The molecule has 82 heavy (non-hydrogen) atoms. The van der Waals surface area contributed by atoms with Crippen LogP contribution < -0.4 is 5.32 Å². The lowest BCUT2D eigenvalue weighted by molar-refractivity contribution is -0.373. The summed E-state index contributed by atoms with van der Waals surface area (Å²) in [5.74, 6) is -5.03. The number of benzene rings is 2. The second-order valence-electron chi connectivity index (χ2n) is 21.3. The molecular formula is C55H76Cl3NO22Si. The number of esters is 6. The van der Waals surface area contributed by atoms with Crippen LogP contribution in [0.3, 0.4) is 0 Å². The number of carbonyl (C=O) groups excluding carboxylic acids is 7. The van der Waals surface area contributed by atoms with Crippen LogP contribution in [-0.2, 0) is 113 Å². The van der Waals surface area contributed by atoms with Gasteiger partial charge < -0.3 is 76.1 Å². The molecule has 2 aromatic carbocycles. The van der Waals surface area contributed by atoms with Gasteiger partial charge in [0.25, 0.3) is 0 Å². The minimum Gasteiger partial charge on any atom is -0.463 e. The van der Waals surface area contributed by atoms with Crippen molar-refractivity contribution in [3.8, 4) is 0 Å². The summed E-state index contributed by atoms with van der Waals surface area (Å²) in [7, 11) is -3.11. The van der Waals surface area contributed by atoms with Crippen molar-refractivity contribution < 1.29 is 104 Å². The molecule has 3 aliphatic heterocycles. The summed E-state index contributed by atoms with van der Waals surface area (Å²) in [6.07, 6.45) is -23.0. The number of halogens is 3. The number of hydrogen-bond donors (Lipinski definition) is 1. The van der Waals surface area contributed by atoms with Crippen molar-refractivity contribution in [1.29, 1.82) is 0 Å². The van der Waals surface area contributed by atoms with Gasteiger partial charge in [0.05, 0.1) is 25.9 Å². The maximum absolute atomic E-state index is 14.3. The fourth-order valence-electron chi connectivity index (χ4n) is 9.26. The lowest BCUT2D eigenvalue weighted by atomic mass is 9.94. The third-order valence-electron chi connectivity index (χ3n) is 14.2. The number of rotatable bonds is 24. The molecule has 0 saturated carbocycles. The molecule has 3 fully saturated rings. The number of alkyl carbamates (subject to hydrolysis) is 1. The van der Waals surface area contributed by atoms with E-state index in [2.05, 4.69) is 5.32 Å². The van der Waals surface area contributed by atoms with Gasteiger partial charge in [-0.05, 0) is 42.1 Å². The summed E-state index contributed by atoms with van der Waals surface area (Å²) in [6, 6.07) is 16.4. The Bertz CT molecular complexity index is 2450. The van der Waals surface area contributed by atoms with Crippen molar-refractivity contribution in [2.45, 2.75) is 203 Å². The molecule has 0 aliphatic carbocycles. The predicted octanol–water partition coefficient (Wildman–Crippen LogP) is 7.10. The van der Waals surface area contributed by atoms with E-state index >= 15 is 0 Å². The van der Waals surface area contributed by atoms with Crippen LogP contribution in [0.15, 0.2) is 60.7 Å². The number of ether oxygens (including phenoxy) is 14. The molecule has 2 aromatic rings. The van der Waals surface area contributed by atoms with Crippen LogP contribution in [0.5, 0.6) is 0 Å². The van der Waals surface area contributed by atoms with Gasteiger partial charge in [0.1, 0.15) is 49.8 Å². The molecule has 1 amide bonds. The van der Waals surface area contributed by atoms with Crippen molar-refractivity contribution in [3.63, 3.8) is 0 Å². The van der Waals surface area contributed by atoms with E-state index in [1.165, 1.54) is 6.92 Å². The standard InChI is InChI=1S/C55H76Cl3NO22Si/c1-29(2)54(10,11)82(12,13)81-50-41(59-53(66)70-28-55(56,57)58)45(80-51-48(69-25-38-22-18-15-19-23-38)46(74-34(7)63)42(30(3)71-51)72-32(5)61)43(39(77-50)26-67-24-37-20-16-14-17-21-37)79-52-49(76-36(9)65)47(75-35(8)64)44(73-33(6)62)40(78-52)27-68-31(4)60/h14-23,29-30,39-52H,24-28H2,1-13H3,(H,59,66)/t30-,39+,40+,41+,42+,43+,44-,45+,46+,47-,48-,49+,50-,51-,52-/m0/s1. The van der Waals surface area contributed by atoms with Crippen LogP contribution in [0.4, 0.5) is 4.79 Å². The van der Waals surface area contributed by atoms with E-state index in [1.54, 1.807) is 37.3 Å². The van der Waals surface area contributed by atoms with Gasteiger partial charge in [-0.2, -0.15) is 0 Å². The van der Waals surface area contributed by atoms with E-state index in [9.17, 15) is 33.6 Å². The zero-order valence-corrected chi connectivity index (χ0v) is 51.4. The summed E-state index contributed by atoms with van der Waals surface area (Å²) in [5.41, 5.74) is 1.41. The first-order valence-electron chi connectivity index (χ1n) is 26.6. The first-order chi connectivity index (χ1) is 38.4. The Balaban J connectivity index is 1.83. The molecule has 1 N–H and O–H groups in total. The average Bonchev–Trinajstić information content (AvgIpc) is 3.56. The minimum absolute atomic E-state index is 0.00935. The Kier molecular flexibility index (Phi) is 25.2. The van der Waals surface area contributed by atoms with Crippen LogP contribution in [-0.4, -0.2) is 166 Å². The number of alkyl halides is 3. The van der Waals surface area contributed by atoms with Gasteiger partial charge in [-0.25, -0.2) is 4.79 Å². The minimum atomic E-state index is -3.11. The van der Waals surface area contributed by atoms with Gasteiger partial charge in [-0.15, -0.1) is 0 Å². The van der Waals surface area contributed by atoms with Crippen LogP contribution in [0.2, 0.25) is 18.1 Å². The molecule has 0 spiro atoms. The number of nitrogens with one attached hydrogen (secondary N) is 1. The van der Waals surface area contributed by atoms with Crippen molar-refractivity contribution in [1.82, 2.24) is 5.32 Å². The molecule has 15 atom stereocenters. The topological polar surface area (TPSA) is 270 Å². The van der Waals surface area contributed by atoms with Crippen LogP contribution in [0, 0.1) is 5.92 Å². The second-order valence-corrected chi connectivity index (χ2v) is 28.4. The number of carbonyl (C=O) groups is 7. The molecule has 3 heterocycles. The highest BCUT2D eigenvalue weighted by Gasteiger charge is 2.60. The SMILES string of the molecule is CC(=O)OC[C@H]1O[C@@H](O[C@H]2[C@H](O[C@@H]3O[C@@H](C)[C@@H](OC(C)=O)[C@@H](OC(C)=O)[C@@H]3OCc3ccccc3)[C@@H](NC(=O)OCC(Cl)(Cl)Cl)[C@H](O[Si](C)(C)C(C)(C)C(C)C)O[C@@H]2COCc2ccccc2)[C@H](OC(C)=O)[C@@H](OC(C)=O)[C@H]1OC(C)=O. The Morgan fingerprint density at radius 3 is 1.55 bits per heavy atom. The van der Waals surface area contributed by atoms with Crippen molar-refractivity contribution in [2.75, 3.05) is 19.8 Å². The fourth-order valence-corrected chi connectivity index (χ4v) is 11.9. The highest BCUT2D eigenvalue weighted by Crippen LogP contribution is 2.47. The highest BCUT2D eigenvalue weighted by atomic mass is 35.6. The lowest BCUT2D eigenvalue weighted by Crippen LogP contribution is -2.71. The Hall–Kier alpha value is -4.70. The van der Waals surface area contributed by atoms with E-state index in [1.807, 2.05) is 71.1 Å². The predicted molar refractivity (Wildman–Crippen MR) is 293 cm³/mol. The largest absolute Gasteiger partial charge is 0.463 e. The number of amides is 1. The van der Waals surface area contributed by atoms with Crippen molar-refractivity contribution >= 4 is 85.0 Å². The molecule has 3 saturated heterocycles. The third kappa shape index (κ3) is 19.7. The van der Waals surface area contributed by atoms with Gasteiger partial charge in [0.15, 0.2) is 57.7 Å². The maximum Gasteiger partial charge on any atom is 0.407 e. The molecule has 0 radical (unpaired) electrons.